The molecule has 1 atom stereocenters. The summed E-state index contributed by atoms with van der Waals surface area (Å²) in [4.78, 5) is 6.64. The summed E-state index contributed by atoms with van der Waals surface area (Å²) in [6.45, 7) is 6.63. The van der Waals surface area contributed by atoms with Crippen molar-refractivity contribution < 1.29 is 0 Å². The van der Waals surface area contributed by atoms with Crippen LogP contribution in [-0.2, 0) is 13.1 Å². The van der Waals surface area contributed by atoms with E-state index in [1.165, 1.54) is 31.6 Å². The number of hydrogen-bond acceptors (Lipinski definition) is 3. The van der Waals surface area contributed by atoms with Gasteiger partial charge in [0.15, 0.2) is 0 Å². The molecule has 0 aliphatic carbocycles. The van der Waals surface area contributed by atoms with Gasteiger partial charge in [-0.2, -0.15) is 0 Å². The third-order valence-electron chi connectivity index (χ3n) is 3.46. The lowest BCUT2D eigenvalue weighted by Crippen LogP contribution is -2.43. The maximum atomic E-state index is 4.23. The van der Waals surface area contributed by atoms with Crippen LogP contribution < -0.4 is 5.32 Å². The molecule has 1 aromatic rings. The Kier molecular flexibility index (Phi) is 4.57. The molecule has 1 N–H and O–H groups in total. The smallest absolute Gasteiger partial charge is 0.0948 e. The molecule has 1 unspecified atom stereocenters. The Morgan fingerprint density at radius 2 is 2.41 bits per heavy atom. The lowest BCUT2D eigenvalue weighted by molar-refractivity contribution is 0.226. The molecule has 1 aliphatic rings. The number of nitrogens with one attached hydrogen (secondary N) is 1. The van der Waals surface area contributed by atoms with Crippen LogP contribution in [0.2, 0.25) is 0 Å². The largest absolute Gasteiger partial charge is 0.333 e. The van der Waals surface area contributed by atoms with Crippen molar-refractivity contribution in [3.63, 3.8) is 0 Å². The Morgan fingerprint density at radius 1 is 1.53 bits per heavy atom. The quantitative estimate of drug-likeness (QED) is 0.840. The highest BCUT2D eigenvalue weighted by Crippen LogP contribution is 2.09. The van der Waals surface area contributed by atoms with Gasteiger partial charge in [-0.3, -0.25) is 0 Å². The summed E-state index contributed by atoms with van der Waals surface area (Å²) in [5.41, 5.74) is 1.31. The van der Waals surface area contributed by atoms with Gasteiger partial charge in [0, 0.05) is 31.9 Å². The highest BCUT2D eigenvalue weighted by atomic mass is 15.1. The normalized spacial score (nSPS) is 21.9. The molecule has 17 heavy (non-hydrogen) atoms. The van der Waals surface area contributed by atoms with E-state index in [2.05, 4.69) is 33.7 Å². The third kappa shape index (κ3) is 3.54. The van der Waals surface area contributed by atoms with Crippen LogP contribution in [-0.4, -0.2) is 40.6 Å². The number of aryl methyl sites for hydroxylation is 1. The summed E-state index contributed by atoms with van der Waals surface area (Å²) in [6, 6.07) is 0.638. The SMILES string of the molecule is CCCn1cncc1CNC1CCCN(C)C1. The van der Waals surface area contributed by atoms with E-state index < -0.39 is 0 Å². The summed E-state index contributed by atoms with van der Waals surface area (Å²) >= 11 is 0. The molecule has 1 aliphatic heterocycles. The minimum atomic E-state index is 0.638. The van der Waals surface area contributed by atoms with Crippen molar-refractivity contribution in [2.24, 2.45) is 0 Å². The summed E-state index contributed by atoms with van der Waals surface area (Å²) in [7, 11) is 2.20. The number of likely N-dealkylation sites (tertiary alicyclic amines) is 1. The zero-order valence-corrected chi connectivity index (χ0v) is 11.0. The molecule has 1 saturated heterocycles. The van der Waals surface area contributed by atoms with Gasteiger partial charge in [0.1, 0.15) is 0 Å². The molecular weight excluding hydrogens is 212 g/mol. The summed E-state index contributed by atoms with van der Waals surface area (Å²) in [5, 5.41) is 3.65. The molecule has 0 amide bonds. The van der Waals surface area contributed by atoms with Crippen LogP contribution in [0.25, 0.3) is 0 Å². The van der Waals surface area contributed by atoms with Gasteiger partial charge in [0.2, 0.25) is 0 Å². The van der Waals surface area contributed by atoms with Gasteiger partial charge in [-0.15, -0.1) is 0 Å². The van der Waals surface area contributed by atoms with Crippen molar-refractivity contribution in [3.05, 3.63) is 18.2 Å². The Balaban J connectivity index is 1.82. The topological polar surface area (TPSA) is 33.1 Å². The van der Waals surface area contributed by atoms with Gasteiger partial charge in [0.05, 0.1) is 12.0 Å². The van der Waals surface area contributed by atoms with Crippen molar-refractivity contribution in [2.45, 2.75) is 45.3 Å². The molecule has 2 rings (SSSR count). The lowest BCUT2D eigenvalue weighted by Gasteiger charge is -2.30. The van der Waals surface area contributed by atoms with E-state index in [-0.39, 0.29) is 0 Å². The number of hydrogen-bond donors (Lipinski definition) is 1. The minimum Gasteiger partial charge on any atom is -0.333 e. The van der Waals surface area contributed by atoms with E-state index >= 15 is 0 Å². The molecule has 0 bridgehead atoms. The van der Waals surface area contributed by atoms with Crippen LogP contribution in [0.15, 0.2) is 12.5 Å². The number of rotatable bonds is 5. The van der Waals surface area contributed by atoms with Crippen LogP contribution in [0.3, 0.4) is 0 Å². The average Bonchev–Trinajstić information content (AvgIpc) is 2.75. The second-order valence-electron chi connectivity index (χ2n) is 5.06. The Labute approximate surface area is 104 Å². The first-order valence-electron chi connectivity index (χ1n) is 6.70. The zero-order chi connectivity index (χ0) is 12.1. The first-order chi connectivity index (χ1) is 8.29. The fraction of sp³-hybridized carbons (Fsp3) is 0.769. The van der Waals surface area contributed by atoms with Gasteiger partial charge in [0.25, 0.3) is 0 Å². The molecule has 2 heterocycles. The lowest BCUT2D eigenvalue weighted by atomic mass is 10.1. The highest BCUT2D eigenvalue weighted by molar-refractivity contribution is 4.98. The van der Waals surface area contributed by atoms with Gasteiger partial charge in [-0.25, -0.2) is 4.98 Å². The van der Waals surface area contributed by atoms with Crippen LogP contribution in [0.5, 0.6) is 0 Å². The highest BCUT2D eigenvalue weighted by Gasteiger charge is 2.16. The average molecular weight is 236 g/mol. The van der Waals surface area contributed by atoms with Crippen LogP contribution in [0.1, 0.15) is 31.9 Å². The van der Waals surface area contributed by atoms with Crippen molar-refractivity contribution in [1.29, 1.82) is 0 Å². The van der Waals surface area contributed by atoms with E-state index in [9.17, 15) is 0 Å². The van der Waals surface area contributed by atoms with Crippen molar-refractivity contribution in [2.75, 3.05) is 20.1 Å². The van der Waals surface area contributed by atoms with Crippen LogP contribution in [0.4, 0.5) is 0 Å². The van der Waals surface area contributed by atoms with Crippen LogP contribution >= 0.6 is 0 Å². The molecule has 4 nitrogen and oxygen atoms in total. The second kappa shape index (κ2) is 6.17. The van der Waals surface area contributed by atoms with Gasteiger partial charge in [-0.1, -0.05) is 6.92 Å². The Hall–Kier alpha value is -0.870. The van der Waals surface area contributed by atoms with Gasteiger partial charge in [-0.05, 0) is 32.9 Å². The maximum Gasteiger partial charge on any atom is 0.0948 e. The summed E-state index contributed by atoms with van der Waals surface area (Å²) in [6.07, 6.45) is 7.69. The zero-order valence-electron chi connectivity index (χ0n) is 11.0. The molecule has 1 aromatic heterocycles. The summed E-state index contributed by atoms with van der Waals surface area (Å²) in [5.74, 6) is 0. The monoisotopic (exact) mass is 236 g/mol. The fourth-order valence-electron chi connectivity index (χ4n) is 2.52. The van der Waals surface area contributed by atoms with Crippen molar-refractivity contribution in [3.8, 4) is 0 Å². The predicted molar refractivity (Wildman–Crippen MR) is 69.9 cm³/mol. The van der Waals surface area contributed by atoms with E-state index in [0.29, 0.717) is 6.04 Å². The molecule has 0 saturated carbocycles. The number of piperidine rings is 1. The molecule has 4 heteroatoms. The second-order valence-corrected chi connectivity index (χ2v) is 5.06. The van der Waals surface area contributed by atoms with Crippen molar-refractivity contribution >= 4 is 0 Å². The first-order valence-corrected chi connectivity index (χ1v) is 6.70. The standard InChI is InChI=1S/C13H24N4/c1-3-6-17-11-14-8-13(17)9-15-12-5-4-7-16(2)10-12/h8,11-12,15H,3-7,9-10H2,1-2H3. The number of imidazole rings is 1. The Bertz CT molecular complexity index is 334. The van der Waals surface area contributed by atoms with Crippen molar-refractivity contribution in [1.82, 2.24) is 19.8 Å². The minimum absolute atomic E-state index is 0.638. The number of aromatic nitrogens is 2. The molecule has 0 spiro atoms. The van der Waals surface area contributed by atoms with Gasteiger partial charge >= 0.3 is 0 Å². The maximum absolute atomic E-state index is 4.23. The molecule has 1 fully saturated rings. The fourth-order valence-corrected chi connectivity index (χ4v) is 2.52. The van der Waals surface area contributed by atoms with Crippen LogP contribution in [0, 0.1) is 0 Å². The molecular formula is C13H24N4. The van der Waals surface area contributed by atoms with E-state index in [1.54, 1.807) is 0 Å². The number of likely N-dealkylation sites (N-methyl/N-ethyl adjacent to an activating group) is 1. The number of nitrogens with zero attached hydrogens (tertiary/aromatic N) is 3. The van der Waals surface area contributed by atoms with E-state index in [1.807, 2.05) is 12.5 Å². The van der Waals surface area contributed by atoms with Gasteiger partial charge < -0.3 is 14.8 Å². The third-order valence-corrected chi connectivity index (χ3v) is 3.46. The molecule has 0 aromatic carbocycles. The van der Waals surface area contributed by atoms with E-state index in [0.717, 1.165) is 19.5 Å². The Morgan fingerprint density at radius 3 is 3.18 bits per heavy atom. The predicted octanol–water partition coefficient (Wildman–Crippen LogP) is 1.48. The first kappa shape index (κ1) is 12.6. The molecule has 96 valence electrons. The summed E-state index contributed by atoms with van der Waals surface area (Å²) < 4.78 is 2.25. The molecule has 0 radical (unpaired) electrons. The van der Waals surface area contributed by atoms with E-state index in [4.69, 9.17) is 0 Å².